The van der Waals surface area contributed by atoms with Gasteiger partial charge in [-0.25, -0.2) is 9.97 Å². The fourth-order valence-electron chi connectivity index (χ4n) is 2.54. The quantitative estimate of drug-likeness (QED) is 0.671. The molecule has 8 heteroatoms. The van der Waals surface area contributed by atoms with Crippen LogP contribution in [0.3, 0.4) is 0 Å². The number of amides is 1. The second-order valence-corrected chi connectivity index (χ2v) is 6.21. The van der Waals surface area contributed by atoms with Crippen molar-refractivity contribution in [3.63, 3.8) is 0 Å². The molecule has 0 aliphatic rings. The van der Waals surface area contributed by atoms with E-state index in [0.29, 0.717) is 28.0 Å². The Morgan fingerprint density at radius 2 is 1.75 bits per heavy atom. The maximum absolute atomic E-state index is 12.6. The van der Waals surface area contributed by atoms with Crippen molar-refractivity contribution in [2.24, 2.45) is 0 Å². The summed E-state index contributed by atoms with van der Waals surface area (Å²) in [5.74, 6) is 1.21. The van der Waals surface area contributed by atoms with Gasteiger partial charge in [0, 0.05) is 24.9 Å². The third-order valence-corrected chi connectivity index (χ3v) is 4.35. The molecule has 0 saturated heterocycles. The Bertz CT molecular complexity index is 965. The van der Waals surface area contributed by atoms with Crippen LogP contribution in [0.1, 0.15) is 10.5 Å². The first-order valence-electron chi connectivity index (χ1n) is 8.37. The zero-order valence-electron chi connectivity index (χ0n) is 15.6. The lowest BCUT2D eigenvalue weighted by Gasteiger charge is -2.17. The van der Waals surface area contributed by atoms with Crippen LogP contribution >= 0.6 is 11.6 Å². The summed E-state index contributed by atoms with van der Waals surface area (Å²) in [6.45, 7) is 0. The predicted octanol–water partition coefficient (Wildman–Crippen LogP) is 4.17. The molecule has 1 aromatic heterocycles. The van der Waals surface area contributed by atoms with Crippen LogP contribution in [0.15, 0.2) is 54.9 Å². The first kappa shape index (κ1) is 19.4. The number of aromatic nitrogens is 2. The van der Waals surface area contributed by atoms with Crippen molar-refractivity contribution in [1.82, 2.24) is 9.97 Å². The SMILES string of the molecule is COc1cc(Nc2cnc(C(=O)N(C)c3ccccc3)cn2)c(OC)cc1Cl. The number of anilines is 3. The number of ether oxygens (including phenoxy) is 2. The van der Waals surface area contributed by atoms with Crippen LogP contribution in [-0.4, -0.2) is 37.1 Å². The minimum absolute atomic E-state index is 0.234. The monoisotopic (exact) mass is 398 g/mol. The van der Waals surface area contributed by atoms with E-state index >= 15 is 0 Å². The summed E-state index contributed by atoms with van der Waals surface area (Å²) in [4.78, 5) is 22.6. The van der Waals surface area contributed by atoms with Crippen molar-refractivity contribution in [3.05, 3.63) is 65.6 Å². The van der Waals surface area contributed by atoms with Crippen LogP contribution in [0.5, 0.6) is 11.5 Å². The van der Waals surface area contributed by atoms with Crippen molar-refractivity contribution < 1.29 is 14.3 Å². The molecule has 0 aliphatic carbocycles. The van der Waals surface area contributed by atoms with Gasteiger partial charge in [-0.15, -0.1) is 0 Å². The minimum Gasteiger partial charge on any atom is -0.495 e. The number of methoxy groups -OCH3 is 2. The van der Waals surface area contributed by atoms with E-state index in [0.717, 1.165) is 5.69 Å². The molecule has 0 bridgehead atoms. The highest BCUT2D eigenvalue weighted by atomic mass is 35.5. The van der Waals surface area contributed by atoms with Gasteiger partial charge in [0.05, 0.1) is 37.3 Å². The molecule has 1 heterocycles. The van der Waals surface area contributed by atoms with E-state index in [9.17, 15) is 4.79 Å². The molecule has 3 rings (SSSR count). The fourth-order valence-corrected chi connectivity index (χ4v) is 2.77. The first-order valence-corrected chi connectivity index (χ1v) is 8.75. The van der Waals surface area contributed by atoms with Crippen LogP contribution in [0.4, 0.5) is 17.2 Å². The van der Waals surface area contributed by atoms with Gasteiger partial charge in [0.25, 0.3) is 5.91 Å². The summed E-state index contributed by atoms with van der Waals surface area (Å²) in [6.07, 6.45) is 2.90. The average Bonchev–Trinajstić information content (AvgIpc) is 2.74. The van der Waals surface area contributed by atoms with Crippen molar-refractivity contribution in [1.29, 1.82) is 0 Å². The molecule has 1 N–H and O–H groups in total. The normalized spacial score (nSPS) is 10.3. The molecule has 7 nitrogen and oxygen atoms in total. The molecular formula is C20H19ClN4O3. The lowest BCUT2D eigenvalue weighted by Crippen LogP contribution is -2.27. The number of nitrogens with one attached hydrogen (secondary N) is 1. The topological polar surface area (TPSA) is 76.6 Å². The maximum atomic E-state index is 12.6. The maximum Gasteiger partial charge on any atom is 0.278 e. The Labute approximate surface area is 167 Å². The van der Waals surface area contributed by atoms with Crippen molar-refractivity contribution in [2.75, 3.05) is 31.5 Å². The fraction of sp³-hybridized carbons (Fsp3) is 0.150. The van der Waals surface area contributed by atoms with E-state index in [-0.39, 0.29) is 11.6 Å². The molecule has 0 spiro atoms. The van der Waals surface area contributed by atoms with Crippen molar-refractivity contribution >= 4 is 34.7 Å². The Hall–Kier alpha value is -3.32. The van der Waals surface area contributed by atoms with Gasteiger partial charge in [-0.1, -0.05) is 29.8 Å². The third kappa shape index (κ3) is 4.15. The Morgan fingerprint density at radius 3 is 2.36 bits per heavy atom. The van der Waals surface area contributed by atoms with Crippen LogP contribution in [0, 0.1) is 0 Å². The Kier molecular flexibility index (Phi) is 5.96. The highest BCUT2D eigenvalue weighted by molar-refractivity contribution is 6.32. The van der Waals surface area contributed by atoms with Crippen LogP contribution in [-0.2, 0) is 0 Å². The zero-order valence-corrected chi connectivity index (χ0v) is 16.4. The minimum atomic E-state index is -0.254. The molecule has 0 aliphatic heterocycles. The summed E-state index contributed by atoms with van der Waals surface area (Å²) >= 11 is 6.12. The standard InChI is InChI=1S/C20H19ClN4O3/c1-25(13-7-5-4-6-8-13)20(26)16-11-23-19(12-22-16)24-15-10-17(27-2)14(21)9-18(15)28-3/h4-12H,1-3H3,(H,23,24). The van der Waals surface area contributed by atoms with E-state index in [4.69, 9.17) is 21.1 Å². The van der Waals surface area contributed by atoms with Gasteiger partial charge in [-0.2, -0.15) is 0 Å². The molecule has 1 amide bonds. The van der Waals surface area contributed by atoms with E-state index in [1.165, 1.54) is 31.5 Å². The molecule has 2 aromatic carbocycles. The lowest BCUT2D eigenvalue weighted by atomic mass is 10.2. The first-order chi connectivity index (χ1) is 13.5. The number of hydrogen-bond acceptors (Lipinski definition) is 6. The summed E-state index contributed by atoms with van der Waals surface area (Å²) in [5, 5.41) is 3.52. The summed E-state index contributed by atoms with van der Waals surface area (Å²) in [5.41, 5.74) is 1.62. The van der Waals surface area contributed by atoms with Gasteiger partial charge in [-0.3, -0.25) is 4.79 Å². The summed E-state index contributed by atoms with van der Waals surface area (Å²) < 4.78 is 10.6. The van der Waals surface area contributed by atoms with Crippen LogP contribution < -0.4 is 19.7 Å². The molecule has 0 atom stereocenters. The van der Waals surface area contributed by atoms with Gasteiger partial charge < -0.3 is 19.7 Å². The number of rotatable bonds is 6. The highest BCUT2D eigenvalue weighted by Gasteiger charge is 2.16. The number of nitrogens with zero attached hydrogens (tertiary/aromatic N) is 3. The Morgan fingerprint density at radius 1 is 1.04 bits per heavy atom. The van der Waals surface area contributed by atoms with E-state index in [2.05, 4.69) is 15.3 Å². The van der Waals surface area contributed by atoms with E-state index in [1.807, 2.05) is 30.3 Å². The molecule has 3 aromatic rings. The summed E-state index contributed by atoms with van der Waals surface area (Å²) in [6, 6.07) is 12.7. The molecule has 0 unspecified atom stereocenters. The molecular weight excluding hydrogens is 380 g/mol. The predicted molar refractivity (Wildman–Crippen MR) is 109 cm³/mol. The van der Waals surface area contributed by atoms with Gasteiger partial charge in [0.2, 0.25) is 0 Å². The second-order valence-electron chi connectivity index (χ2n) is 5.80. The Balaban J connectivity index is 1.79. The summed E-state index contributed by atoms with van der Waals surface area (Å²) in [7, 11) is 4.76. The second kappa shape index (κ2) is 8.58. The number of hydrogen-bond donors (Lipinski definition) is 1. The van der Waals surface area contributed by atoms with E-state index in [1.54, 1.807) is 19.2 Å². The zero-order chi connectivity index (χ0) is 20.1. The number of carbonyl (C=O) groups is 1. The van der Waals surface area contributed by atoms with E-state index < -0.39 is 0 Å². The number of benzene rings is 2. The largest absolute Gasteiger partial charge is 0.495 e. The van der Waals surface area contributed by atoms with Gasteiger partial charge in [0.1, 0.15) is 23.0 Å². The smallest absolute Gasteiger partial charge is 0.278 e. The molecule has 28 heavy (non-hydrogen) atoms. The lowest BCUT2D eigenvalue weighted by molar-refractivity contribution is 0.0988. The molecule has 0 saturated carbocycles. The highest BCUT2D eigenvalue weighted by Crippen LogP contribution is 2.36. The number of halogens is 1. The van der Waals surface area contributed by atoms with Crippen molar-refractivity contribution in [3.8, 4) is 11.5 Å². The van der Waals surface area contributed by atoms with Gasteiger partial charge in [-0.05, 0) is 12.1 Å². The number of para-hydroxylation sites is 1. The average molecular weight is 399 g/mol. The molecule has 0 fully saturated rings. The van der Waals surface area contributed by atoms with Crippen molar-refractivity contribution in [2.45, 2.75) is 0 Å². The van der Waals surface area contributed by atoms with Gasteiger partial charge >= 0.3 is 0 Å². The van der Waals surface area contributed by atoms with Crippen LogP contribution in [0.2, 0.25) is 5.02 Å². The third-order valence-electron chi connectivity index (χ3n) is 4.06. The van der Waals surface area contributed by atoms with Crippen LogP contribution in [0.25, 0.3) is 0 Å². The number of carbonyl (C=O) groups excluding carboxylic acids is 1. The van der Waals surface area contributed by atoms with Gasteiger partial charge in [0.15, 0.2) is 0 Å². The molecule has 144 valence electrons. The molecule has 0 radical (unpaired) electrons.